The topological polar surface area (TPSA) is 114 Å². The van der Waals surface area contributed by atoms with Crippen molar-refractivity contribution in [3.63, 3.8) is 0 Å². The van der Waals surface area contributed by atoms with Crippen molar-refractivity contribution in [2.24, 2.45) is 0 Å². The molecule has 3 rings (SSSR count). The molecule has 2 aromatic carbocycles. The summed E-state index contributed by atoms with van der Waals surface area (Å²) in [6, 6.07) is 12.1. The number of fused-ring (bicyclic) bond motifs is 1. The summed E-state index contributed by atoms with van der Waals surface area (Å²) in [5, 5.41) is 10.1. The molecule has 0 aliphatic heterocycles. The summed E-state index contributed by atoms with van der Waals surface area (Å²) in [5.41, 5.74) is 0.898. The van der Waals surface area contributed by atoms with Crippen LogP contribution in [-0.2, 0) is 32.6 Å². The van der Waals surface area contributed by atoms with Crippen LogP contribution in [0.3, 0.4) is 0 Å². The SMILES string of the molecule is CCN(CC)S(=O)(=O)c1ccc(CCC(=O)OCc2cc(=O)oc3cc(O)ccc23)cc1. The van der Waals surface area contributed by atoms with E-state index in [1.807, 2.05) is 0 Å². The van der Waals surface area contributed by atoms with Gasteiger partial charge in [0.25, 0.3) is 0 Å². The Hall–Kier alpha value is -3.17. The minimum Gasteiger partial charge on any atom is -0.508 e. The largest absolute Gasteiger partial charge is 0.508 e. The van der Waals surface area contributed by atoms with Gasteiger partial charge in [-0.25, -0.2) is 13.2 Å². The van der Waals surface area contributed by atoms with E-state index in [0.717, 1.165) is 5.56 Å². The number of sulfonamides is 1. The molecular formula is C23H25NO7S. The fourth-order valence-corrected chi connectivity index (χ4v) is 4.81. The van der Waals surface area contributed by atoms with Gasteiger partial charge < -0.3 is 14.3 Å². The number of aryl methyl sites for hydroxylation is 1. The van der Waals surface area contributed by atoms with Gasteiger partial charge in [0.2, 0.25) is 10.0 Å². The van der Waals surface area contributed by atoms with Gasteiger partial charge in [0.05, 0.1) is 4.90 Å². The molecule has 0 saturated carbocycles. The molecule has 9 heteroatoms. The maximum Gasteiger partial charge on any atom is 0.336 e. The smallest absolute Gasteiger partial charge is 0.336 e. The maximum atomic E-state index is 12.5. The van der Waals surface area contributed by atoms with Gasteiger partial charge in [-0.2, -0.15) is 4.31 Å². The number of hydrogen-bond donors (Lipinski definition) is 1. The van der Waals surface area contributed by atoms with E-state index in [1.54, 1.807) is 44.2 Å². The van der Waals surface area contributed by atoms with Crippen molar-refractivity contribution in [1.82, 2.24) is 4.31 Å². The van der Waals surface area contributed by atoms with Crippen molar-refractivity contribution in [3.05, 3.63) is 70.1 Å². The normalized spacial score (nSPS) is 11.7. The van der Waals surface area contributed by atoms with Crippen LogP contribution in [0.1, 0.15) is 31.4 Å². The number of phenolic OH excluding ortho intramolecular Hbond substituents is 1. The van der Waals surface area contributed by atoms with Crippen molar-refractivity contribution in [3.8, 4) is 5.75 Å². The average molecular weight is 460 g/mol. The molecule has 1 N–H and O–H groups in total. The minimum atomic E-state index is -3.52. The molecule has 170 valence electrons. The molecule has 0 unspecified atom stereocenters. The Morgan fingerprint density at radius 2 is 1.75 bits per heavy atom. The number of carbonyl (C=O) groups is 1. The lowest BCUT2D eigenvalue weighted by Crippen LogP contribution is -2.30. The summed E-state index contributed by atoms with van der Waals surface area (Å²) < 4.78 is 36.8. The van der Waals surface area contributed by atoms with E-state index in [1.165, 1.54) is 22.5 Å². The Labute approximate surface area is 186 Å². The number of benzene rings is 2. The summed E-state index contributed by atoms with van der Waals surface area (Å²) in [5.74, 6) is -0.490. The first-order chi connectivity index (χ1) is 15.2. The Kier molecular flexibility index (Phi) is 7.32. The Morgan fingerprint density at radius 3 is 2.41 bits per heavy atom. The summed E-state index contributed by atoms with van der Waals surface area (Å²) in [7, 11) is -3.52. The molecule has 1 heterocycles. The second kappa shape index (κ2) is 9.97. The first-order valence-electron chi connectivity index (χ1n) is 10.2. The van der Waals surface area contributed by atoms with E-state index in [0.29, 0.717) is 30.5 Å². The van der Waals surface area contributed by atoms with Gasteiger partial charge in [-0.05, 0) is 36.2 Å². The van der Waals surface area contributed by atoms with E-state index in [9.17, 15) is 23.1 Å². The van der Waals surface area contributed by atoms with E-state index >= 15 is 0 Å². The zero-order valence-electron chi connectivity index (χ0n) is 17.9. The zero-order chi connectivity index (χ0) is 23.3. The second-order valence-electron chi connectivity index (χ2n) is 7.17. The monoisotopic (exact) mass is 459 g/mol. The van der Waals surface area contributed by atoms with Crippen LogP contribution in [0.2, 0.25) is 0 Å². The summed E-state index contributed by atoms with van der Waals surface area (Å²) in [6.45, 7) is 4.26. The predicted octanol–water partition coefficient (Wildman–Crippen LogP) is 3.21. The third-order valence-corrected chi connectivity index (χ3v) is 7.15. The maximum absolute atomic E-state index is 12.5. The minimum absolute atomic E-state index is 0.0364. The molecule has 0 radical (unpaired) electrons. The molecule has 3 aromatic rings. The van der Waals surface area contributed by atoms with E-state index in [-0.39, 0.29) is 29.3 Å². The van der Waals surface area contributed by atoms with Crippen molar-refractivity contribution < 1.29 is 27.5 Å². The van der Waals surface area contributed by atoms with E-state index in [2.05, 4.69) is 0 Å². The van der Waals surface area contributed by atoms with Crippen molar-refractivity contribution in [1.29, 1.82) is 0 Å². The molecule has 0 atom stereocenters. The summed E-state index contributed by atoms with van der Waals surface area (Å²) in [4.78, 5) is 24.1. The van der Waals surface area contributed by atoms with Crippen molar-refractivity contribution >= 4 is 27.0 Å². The Balaban J connectivity index is 1.60. The summed E-state index contributed by atoms with van der Waals surface area (Å²) in [6.07, 6.45) is 0.484. The molecular weight excluding hydrogens is 434 g/mol. The first kappa shape index (κ1) is 23.5. The van der Waals surface area contributed by atoms with Gasteiger partial charge in [0, 0.05) is 42.6 Å². The fraction of sp³-hybridized carbons (Fsp3) is 0.304. The number of esters is 1. The quantitative estimate of drug-likeness (QED) is 0.386. The molecule has 0 amide bonds. The molecule has 0 saturated heterocycles. The number of nitrogens with zero attached hydrogens (tertiary/aromatic N) is 1. The fourth-order valence-electron chi connectivity index (χ4n) is 3.36. The van der Waals surface area contributed by atoms with Crippen LogP contribution in [0.4, 0.5) is 0 Å². The third-order valence-electron chi connectivity index (χ3n) is 5.09. The van der Waals surface area contributed by atoms with E-state index < -0.39 is 21.6 Å². The van der Waals surface area contributed by atoms with E-state index in [4.69, 9.17) is 9.15 Å². The third kappa shape index (κ3) is 5.35. The van der Waals surface area contributed by atoms with Crippen LogP contribution >= 0.6 is 0 Å². The standard InChI is InChI=1S/C23H25NO7S/c1-3-24(4-2)32(28,29)19-9-5-16(6-10-19)7-12-22(26)30-15-17-13-23(27)31-21-14-18(25)8-11-20(17)21/h5-6,8-11,13-14,25H,3-4,7,12,15H2,1-2H3. The molecule has 0 fully saturated rings. The van der Waals surface area contributed by atoms with Crippen LogP contribution in [0, 0.1) is 0 Å². The highest BCUT2D eigenvalue weighted by molar-refractivity contribution is 7.89. The first-order valence-corrected chi connectivity index (χ1v) is 11.7. The highest BCUT2D eigenvalue weighted by atomic mass is 32.2. The van der Waals surface area contributed by atoms with Gasteiger partial charge in [0.15, 0.2) is 0 Å². The number of phenols is 1. The van der Waals surface area contributed by atoms with Gasteiger partial charge in [-0.15, -0.1) is 0 Å². The molecule has 0 bridgehead atoms. The lowest BCUT2D eigenvalue weighted by atomic mass is 10.1. The zero-order valence-corrected chi connectivity index (χ0v) is 18.7. The van der Waals surface area contributed by atoms with Crippen LogP contribution in [0.15, 0.2) is 62.6 Å². The molecule has 8 nitrogen and oxygen atoms in total. The van der Waals surface area contributed by atoms with Gasteiger partial charge in [0.1, 0.15) is 17.9 Å². The molecule has 0 aliphatic rings. The van der Waals surface area contributed by atoms with Crippen LogP contribution in [0.5, 0.6) is 5.75 Å². The van der Waals surface area contributed by atoms with Gasteiger partial charge in [-0.1, -0.05) is 26.0 Å². The lowest BCUT2D eigenvalue weighted by molar-refractivity contribution is -0.144. The highest BCUT2D eigenvalue weighted by Gasteiger charge is 2.21. The second-order valence-corrected chi connectivity index (χ2v) is 9.10. The highest BCUT2D eigenvalue weighted by Crippen LogP contribution is 2.22. The predicted molar refractivity (Wildman–Crippen MR) is 119 cm³/mol. The van der Waals surface area contributed by atoms with Crippen molar-refractivity contribution in [2.45, 2.75) is 38.2 Å². The number of hydrogen-bond acceptors (Lipinski definition) is 7. The molecule has 1 aromatic heterocycles. The number of rotatable bonds is 9. The average Bonchev–Trinajstić information content (AvgIpc) is 2.76. The number of ether oxygens (including phenoxy) is 1. The van der Waals surface area contributed by atoms with Gasteiger partial charge in [-0.3, -0.25) is 4.79 Å². The molecule has 32 heavy (non-hydrogen) atoms. The van der Waals surface area contributed by atoms with Crippen molar-refractivity contribution in [2.75, 3.05) is 13.1 Å². The van der Waals surface area contributed by atoms with Gasteiger partial charge >= 0.3 is 11.6 Å². The summed E-state index contributed by atoms with van der Waals surface area (Å²) >= 11 is 0. The van der Waals surface area contributed by atoms with Crippen LogP contribution < -0.4 is 5.63 Å². The van der Waals surface area contributed by atoms with Crippen LogP contribution in [-0.4, -0.2) is 36.9 Å². The number of aromatic hydroxyl groups is 1. The Bertz CT molecular complexity index is 1260. The molecule has 0 aliphatic carbocycles. The Morgan fingerprint density at radius 1 is 1.06 bits per heavy atom. The lowest BCUT2D eigenvalue weighted by Gasteiger charge is -2.18. The number of carbonyl (C=O) groups excluding carboxylic acids is 1. The van der Waals surface area contributed by atoms with Crippen LogP contribution in [0.25, 0.3) is 11.0 Å². The molecule has 0 spiro atoms.